The summed E-state index contributed by atoms with van der Waals surface area (Å²) in [6.45, 7) is 0.107. The molecule has 7 heteroatoms. The third-order valence-corrected chi connectivity index (χ3v) is 4.31. The largest absolute Gasteiger partial charge is 0.326 e. The van der Waals surface area contributed by atoms with Crippen LogP contribution in [0.3, 0.4) is 0 Å². The van der Waals surface area contributed by atoms with Crippen molar-refractivity contribution in [1.29, 1.82) is 5.26 Å². The highest BCUT2D eigenvalue weighted by atomic mass is 35.5. The maximum atomic E-state index is 13.9. The lowest BCUT2D eigenvalue weighted by atomic mass is 10.1. The van der Waals surface area contributed by atoms with Gasteiger partial charge in [0.2, 0.25) is 11.8 Å². The maximum absolute atomic E-state index is 13.9. The topological polar surface area (TPSA) is 73.2 Å². The van der Waals surface area contributed by atoms with Gasteiger partial charge in [0.05, 0.1) is 22.2 Å². The van der Waals surface area contributed by atoms with Crippen LogP contribution in [0, 0.1) is 23.1 Å². The quantitative estimate of drug-likeness (QED) is 0.915. The van der Waals surface area contributed by atoms with Crippen molar-refractivity contribution in [2.45, 2.75) is 6.42 Å². The van der Waals surface area contributed by atoms with Gasteiger partial charge in [0.15, 0.2) is 0 Å². The summed E-state index contributed by atoms with van der Waals surface area (Å²) in [5, 5.41) is 11.8. The van der Waals surface area contributed by atoms with Crippen LogP contribution in [0.2, 0.25) is 5.02 Å². The number of carbonyl (C=O) groups is 2. The average Bonchev–Trinajstić information content (AvgIpc) is 2.97. The Hall–Kier alpha value is -2.91. The normalized spacial score (nSPS) is 16.6. The molecule has 0 radical (unpaired) electrons. The van der Waals surface area contributed by atoms with E-state index in [0.29, 0.717) is 11.3 Å². The van der Waals surface area contributed by atoms with Gasteiger partial charge in [0.1, 0.15) is 11.9 Å². The molecular weight excluding hydrogens is 345 g/mol. The standard InChI is InChI=1S/C18H13ClFN3O2/c19-14-8-13(6-5-11(14)9-21)22-18(25)12-7-17(24)23(10-12)16-4-2-1-3-15(16)20/h1-6,8,12H,7,10H2,(H,22,25). The van der Waals surface area contributed by atoms with Crippen LogP contribution in [-0.4, -0.2) is 18.4 Å². The fourth-order valence-electron chi connectivity index (χ4n) is 2.71. The smallest absolute Gasteiger partial charge is 0.229 e. The molecule has 1 unspecified atom stereocenters. The van der Waals surface area contributed by atoms with Gasteiger partial charge in [-0.25, -0.2) is 4.39 Å². The van der Waals surface area contributed by atoms with E-state index in [2.05, 4.69) is 5.32 Å². The average molecular weight is 358 g/mol. The number of amides is 2. The molecule has 1 fully saturated rings. The van der Waals surface area contributed by atoms with E-state index in [1.165, 1.54) is 35.2 Å². The van der Waals surface area contributed by atoms with Crippen molar-refractivity contribution in [2.24, 2.45) is 5.92 Å². The van der Waals surface area contributed by atoms with Crippen LogP contribution in [0.4, 0.5) is 15.8 Å². The highest BCUT2D eigenvalue weighted by Gasteiger charge is 2.36. The van der Waals surface area contributed by atoms with E-state index >= 15 is 0 Å². The molecule has 2 aromatic rings. The van der Waals surface area contributed by atoms with Gasteiger partial charge >= 0.3 is 0 Å². The monoisotopic (exact) mass is 357 g/mol. The van der Waals surface area contributed by atoms with Crippen LogP contribution in [0.5, 0.6) is 0 Å². The number of nitrogens with one attached hydrogen (secondary N) is 1. The number of para-hydroxylation sites is 1. The van der Waals surface area contributed by atoms with Gasteiger partial charge < -0.3 is 10.2 Å². The Morgan fingerprint density at radius 2 is 2.08 bits per heavy atom. The Kier molecular flexibility index (Phi) is 4.68. The summed E-state index contributed by atoms with van der Waals surface area (Å²) in [6, 6.07) is 12.4. The molecule has 2 amide bonds. The van der Waals surface area contributed by atoms with Gasteiger partial charge in [-0.15, -0.1) is 0 Å². The molecule has 2 aromatic carbocycles. The molecule has 1 aliphatic heterocycles. The van der Waals surface area contributed by atoms with Gasteiger partial charge in [-0.05, 0) is 30.3 Å². The Labute approximate surface area is 148 Å². The number of rotatable bonds is 3. The molecule has 0 aromatic heterocycles. The van der Waals surface area contributed by atoms with Crippen molar-refractivity contribution in [1.82, 2.24) is 0 Å². The van der Waals surface area contributed by atoms with Gasteiger partial charge in [0.25, 0.3) is 0 Å². The first kappa shape index (κ1) is 16.9. The number of nitrogens with zero attached hydrogens (tertiary/aromatic N) is 2. The molecular formula is C18H13ClFN3O2. The van der Waals surface area contributed by atoms with Gasteiger partial charge in [0, 0.05) is 18.7 Å². The second-order valence-electron chi connectivity index (χ2n) is 5.65. The van der Waals surface area contributed by atoms with E-state index in [1.54, 1.807) is 12.1 Å². The van der Waals surface area contributed by atoms with Gasteiger partial charge in [-0.3, -0.25) is 9.59 Å². The molecule has 5 nitrogen and oxygen atoms in total. The van der Waals surface area contributed by atoms with E-state index in [9.17, 15) is 14.0 Å². The highest BCUT2D eigenvalue weighted by molar-refractivity contribution is 6.32. The minimum absolute atomic E-state index is 0.00415. The number of nitriles is 1. The van der Waals surface area contributed by atoms with Gasteiger partial charge in [-0.2, -0.15) is 5.26 Å². The van der Waals surface area contributed by atoms with Crippen molar-refractivity contribution in [3.8, 4) is 6.07 Å². The zero-order valence-corrected chi connectivity index (χ0v) is 13.8. The summed E-state index contributed by atoms with van der Waals surface area (Å²) in [5.74, 6) is -1.76. The lowest BCUT2D eigenvalue weighted by Gasteiger charge is -2.17. The predicted molar refractivity (Wildman–Crippen MR) is 91.7 cm³/mol. The third-order valence-electron chi connectivity index (χ3n) is 4.00. The minimum atomic E-state index is -0.596. The number of carbonyl (C=O) groups excluding carboxylic acids is 2. The van der Waals surface area contributed by atoms with Crippen molar-refractivity contribution in [3.63, 3.8) is 0 Å². The van der Waals surface area contributed by atoms with E-state index in [4.69, 9.17) is 16.9 Å². The molecule has 0 bridgehead atoms. The Morgan fingerprint density at radius 1 is 1.32 bits per heavy atom. The van der Waals surface area contributed by atoms with Crippen LogP contribution in [0.15, 0.2) is 42.5 Å². The van der Waals surface area contributed by atoms with Crippen LogP contribution in [0.1, 0.15) is 12.0 Å². The fourth-order valence-corrected chi connectivity index (χ4v) is 2.94. The summed E-state index contributed by atoms with van der Waals surface area (Å²) in [6.07, 6.45) is 0.00415. The zero-order valence-electron chi connectivity index (χ0n) is 13.0. The maximum Gasteiger partial charge on any atom is 0.229 e. The number of benzene rings is 2. The van der Waals surface area contributed by atoms with Crippen molar-refractivity contribution >= 4 is 34.8 Å². The van der Waals surface area contributed by atoms with Crippen LogP contribution >= 0.6 is 11.6 Å². The van der Waals surface area contributed by atoms with E-state index in [0.717, 1.165) is 0 Å². The second-order valence-corrected chi connectivity index (χ2v) is 6.06. The molecule has 126 valence electrons. The molecule has 25 heavy (non-hydrogen) atoms. The lowest BCUT2D eigenvalue weighted by molar-refractivity contribution is -0.122. The summed E-state index contributed by atoms with van der Waals surface area (Å²) in [7, 11) is 0. The predicted octanol–water partition coefficient (Wildman–Crippen LogP) is 3.34. The number of anilines is 2. The summed E-state index contributed by atoms with van der Waals surface area (Å²) < 4.78 is 13.9. The first-order chi connectivity index (χ1) is 12.0. The molecule has 1 N–H and O–H groups in total. The van der Waals surface area contributed by atoms with E-state index < -0.39 is 11.7 Å². The second kappa shape index (κ2) is 6.91. The third kappa shape index (κ3) is 3.47. The van der Waals surface area contributed by atoms with Crippen LogP contribution < -0.4 is 10.2 Å². The first-order valence-corrected chi connectivity index (χ1v) is 7.93. The summed E-state index contributed by atoms with van der Waals surface area (Å²) in [4.78, 5) is 25.8. The molecule has 1 atom stereocenters. The zero-order chi connectivity index (χ0) is 18.0. The molecule has 0 saturated carbocycles. The van der Waals surface area contributed by atoms with Crippen molar-refractivity contribution in [2.75, 3.05) is 16.8 Å². The fraction of sp³-hybridized carbons (Fsp3) is 0.167. The Bertz CT molecular complexity index is 894. The SMILES string of the molecule is N#Cc1ccc(NC(=O)C2CC(=O)N(c3ccccc3F)C2)cc1Cl. The summed E-state index contributed by atoms with van der Waals surface area (Å²) >= 11 is 5.94. The molecule has 3 rings (SSSR count). The molecule has 0 aliphatic carbocycles. The van der Waals surface area contributed by atoms with Gasteiger partial charge in [-0.1, -0.05) is 23.7 Å². The lowest BCUT2D eigenvalue weighted by Crippen LogP contribution is -2.28. The van der Waals surface area contributed by atoms with Crippen molar-refractivity contribution < 1.29 is 14.0 Å². The van der Waals surface area contributed by atoms with Crippen LogP contribution in [-0.2, 0) is 9.59 Å². The molecule has 0 spiro atoms. The Balaban J connectivity index is 1.72. The minimum Gasteiger partial charge on any atom is -0.326 e. The summed E-state index contributed by atoms with van der Waals surface area (Å²) in [5.41, 5.74) is 0.913. The molecule has 1 aliphatic rings. The first-order valence-electron chi connectivity index (χ1n) is 7.55. The van der Waals surface area contributed by atoms with E-state index in [-0.39, 0.29) is 35.5 Å². The number of hydrogen-bond acceptors (Lipinski definition) is 3. The van der Waals surface area contributed by atoms with Crippen LogP contribution in [0.25, 0.3) is 0 Å². The van der Waals surface area contributed by atoms with E-state index in [1.807, 2.05) is 6.07 Å². The molecule has 1 saturated heterocycles. The van der Waals surface area contributed by atoms with Crippen molar-refractivity contribution in [3.05, 3.63) is 58.9 Å². The molecule has 1 heterocycles. The Morgan fingerprint density at radius 3 is 2.76 bits per heavy atom. The highest BCUT2D eigenvalue weighted by Crippen LogP contribution is 2.28. The number of halogens is 2. The number of hydrogen-bond donors (Lipinski definition) is 1.